The van der Waals surface area contributed by atoms with Crippen LogP contribution in [0.5, 0.6) is 0 Å². The van der Waals surface area contributed by atoms with E-state index in [-0.39, 0.29) is 17.4 Å². The number of sulfone groups is 1. The van der Waals surface area contributed by atoms with E-state index in [1.54, 1.807) is 12.1 Å². The second-order valence-corrected chi connectivity index (χ2v) is 9.96. The predicted octanol–water partition coefficient (Wildman–Crippen LogP) is 1.71. The van der Waals surface area contributed by atoms with E-state index in [1.807, 2.05) is 0 Å². The smallest absolute Gasteiger partial charge is 0.264 e. The number of nitrogens with zero attached hydrogens (tertiary/aromatic N) is 1. The SMILES string of the molecule is CS(=O)(=O)OCC1N=C(C(Cl)Cl)OC1c1ccc(S(C)(=O)=O)cc1. The Hall–Kier alpha value is -0.870. The highest BCUT2D eigenvalue weighted by atomic mass is 35.5. The molecule has 0 amide bonds. The number of benzene rings is 1. The van der Waals surface area contributed by atoms with Crippen molar-refractivity contribution in [3.05, 3.63) is 29.8 Å². The molecule has 1 aliphatic rings. The number of hydrogen-bond donors (Lipinski definition) is 0. The molecule has 1 aliphatic heterocycles. The first-order valence-corrected chi connectivity index (χ1v) is 11.2. The van der Waals surface area contributed by atoms with Gasteiger partial charge >= 0.3 is 0 Å². The number of rotatable bonds is 6. The van der Waals surface area contributed by atoms with Crippen LogP contribution in [-0.4, -0.2) is 52.7 Å². The van der Waals surface area contributed by atoms with Gasteiger partial charge in [-0.3, -0.25) is 4.18 Å². The van der Waals surface area contributed by atoms with E-state index in [0.717, 1.165) is 12.5 Å². The number of halogens is 2. The van der Waals surface area contributed by atoms with Gasteiger partial charge in [-0.05, 0) is 17.7 Å². The van der Waals surface area contributed by atoms with E-state index in [0.29, 0.717) is 5.56 Å². The van der Waals surface area contributed by atoms with Crippen LogP contribution < -0.4 is 0 Å². The molecule has 2 unspecified atom stereocenters. The van der Waals surface area contributed by atoms with Crippen molar-refractivity contribution in [1.29, 1.82) is 0 Å². The highest BCUT2D eigenvalue weighted by molar-refractivity contribution is 7.90. The van der Waals surface area contributed by atoms with Gasteiger partial charge in [0.1, 0.15) is 12.1 Å². The summed E-state index contributed by atoms with van der Waals surface area (Å²) < 4.78 is 55.7. The quantitative estimate of drug-likeness (QED) is 0.517. The van der Waals surface area contributed by atoms with E-state index in [2.05, 4.69) is 4.99 Å². The predicted molar refractivity (Wildman–Crippen MR) is 90.9 cm³/mol. The van der Waals surface area contributed by atoms with Crippen LogP contribution in [-0.2, 0) is 28.9 Å². The summed E-state index contributed by atoms with van der Waals surface area (Å²) in [5, 5.41) is 0. The molecule has 2 rings (SSSR count). The van der Waals surface area contributed by atoms with Gasteiger partial charge in [-0.2, -0.15) is 8.42 Å². The third kappa shape index (κ3) is 5.06. The molecular weight excluding hydrogens is 401 g/mol. The summed E-state index contributed by atoms with van der Waals surface area (Å²) >= 11 is 11.5. The molecule has 2 atom stereocenters. The summed E-state index contributed by atoms with van der Waals surface area (Å²) in [5.41, 5.74) is 0.595. The van der Waals surface area contributed by atoms with Gasteiger partial charge < -0.3 is 4.74 Å². The van der Waals surface area contributed by atoms with E-state index in [9.17, 15) is 16.8 Å². The molecule has 0 aliphatic carbocycles. The molecular formula is C13H15Cl2NO6S2. The van der Waals surface area contributed by atoms with Gasteiger partial charge in [0.25, 0.3) is 10.1 Å². The Bertz CT molecular complexity index is 834. The van der Waals surface area contributed by atoms with E-state index in [4.69, 9.17) is 32.1 Å². The number of hydrogen-bond acceptors (Lipinski definition) is 7. The van der Waals surface area contributed by atoms with Gasteiger partial charge in [-0.25, -0.2) is 13.4 Å². The largest absolute Gasteiger partial charge is 0.468 e. The van der Waals surface area contributed by atoms with Crippen LogP contribution in [0.2, 0.25) is 0 Å². The Morgan fingerprint density at radius 1 is 1.17 bits per heavy atom. The lowest BCUT2D eigenvalue weighted by Crippen LogP contribution is -2.22. The first-order valence-electron chi connectivity index (χ1n) is 6.64. The fourth-order valence-electron chi connectivity index (χ4n) is 2.09. The average Bonchev–Trinajstić information content (AvgIpc) is 2.88. The van der Waals surface area contributed by atoms with Crippen molar-refractivity contribution in [2.24, 2.45) is 4.99 Å². The molecule has 24 heavy (non-hydrogen) atoms. The normalized spacial score (nSPS) is 21.6. The molecule has 1 aromatic rings. The maximum absolute atomic E-state index is 11.5. The average molecular weight is 416 g/mol. The third-order valence-electron chi connectivity index (χ3n) is 3.17. The Morgan fingerprint density at radius 2 is 1.75 bits per heavy atom. The second-order valence-electron chi connectivity index (χ2n) is 5.20. The number of ether oxygens (including phenoxy) is 1. The molecule has 1 heterocycles. The van der Waals surface area contributed by atoms with Crippen molar-refractivity contribution < 1.29 is 25.8 Å². The summed E-state index contributed by atoms with van der Waals surface area (Å²) in [7, 11) is -6.98. The topological polar surface area (TPSA) is 99.1 Å². The number of alkyl halides is 2. The maximum Gasteiger partial charge on any atom is 0.264 e. The highest BCUT2D eigenvalue weighted by Gasteiger charge is 2.35. The van der Waals surface area contributed by atoms with Crippen LogP contribution in [0, 0.1) is 0 Å². The fourth-order valence-corrected chi connectivity index (χ4v) is 3.32. The Balaban J connectivity index is 2.26. The Labute approximate surface area is 150 Å². The van der Waals surface area contributed by atoms with Gasteiger partial charge in [0, 0.05) is 6.26 Å². The summed E-state index contributed by atoms with van der Waals surface area (Å²) in [6, 6.07) is 5.30. The minimum Gasteiger partial charge on any atom is -0.468 e. The summed E-state index contributed by atoms with van der Waals surface area (Å²) in [6.07, 6.45) is 1.34. The molecule has 0 N–H and O–H groups in total. The first-order chi connectivity index (χ1) is 11.0. The third-order valence-corrected chi connectivity index (χ3v) is 5.23. The van der Waals surface area contributed by atoms with Crippen molar-refractivity contribution in [3.63, 3.8) is 0 Å². The molecule has 134 valence electrons. The highest BCUT2D eigenvalue weighted by Crippen LogP contribution is 2.32. The lowest BCUT2D eigenvalue weighted by molar-refractivity contribution is 0.161. The van der Waals surface area contributed by atoms with Gasteiger partial charge in [0.2, 0.25) is 5.90 Å². The van der Waals surface area contributed by atoms with Crippen LogP contribution >= 0.6 is 23.2 Å². The standard InChI is InChI=1S/C13H15Cl2NO6S2/c1-23(17,18)9-5-3-8(4-6-9)11-10(7-21-24(2,19)20)16-13(22-11)12(14)15/h3-6,10-12H,7H2,1-2H3. The Morgan fingerprint density at radius 3 is 2.21 bits per heavy atom. The fraction of sp³-hybridized carbons (Fsp3) is 0.462. The lowest BCUT2D eigenvalue weighted by atomic mass is 10.0. The second kappa shape index (κ2) is 7.17. The monoisotopic (exact) mass is 415 g/mol. The molecule has 0 aromatic heterocycles. The molecule has 0 spiro atoms. The zero-order valence-corrected chi connectivity index (χ0v) is 15.9. The molecule has 11 heteroatoms. The first kappa shape index (κ1) is 19.5. The zero-order valence-electron chi connectivity index (χ0n) is 12.7. The van der Waals surface area contributed by atoms with Crippen LogP contribution in [0.4, 0.5) is 0 Å². The van der Waals surface area contributed by atoms with E-state index < -0.39 is 36.9 Å². The van der Waals surface area contributed by atoms with Crippen molar-refractivity contribution >= 4 is 49.1 Å². The van der Waals surface area contributed by atoms with E-state index >= 15 is 0 Å². The van der Waals surface area contributed by atoms with Crippen molar-refractivity contribution in [1.82, 2.24) is 0 Å². The molecule has 0 saturated heterocycles. The van der Waals surface area contributed by atoms with Gasteiger partial charge in [0.05, 0.1) is 17.8 Å². The minimum atomic E-state index is -3.65. The molecule has 0 fully saturated rings. The van der Waals surface area contributed by atoms with Crippen LogP contribution in [0.25, 0.3) is 0 Å². The minimum absolute atomic E-state index is 0.0534. The molecule has 7 nitrogen and oxygen atoms in total. The van der Waals surface area contributed by atoms with Crippen molar-refractivity contribution in [2.75, 3.05) is 19.1 Å². The molecule has 0 radical (unpaired) electrons. The van der Waals surface area contributed by atoms with Crippen LogP contribution in [0.3, 0.4) is 0 Å². The molecule has 0 saturated carbocycles. The Kier molecular flexibility index (Phi) is 5.81. The number of aliphatic imine (C=N–C) groups is 1. The van der Waals surface area contributed by atoms with Gasteiger partial charge in [-0.1, -0.05) is 35.3 Å². The summed E-state index contributed by atoms with van der Waals surface area (Å²) in [6.45, 7) is -0.249. The van der Waals surface area contributed by atoms with Crippen molar-refractivity contribution in [2.45, 2.75) is 21.9 Å². The zero-order chi connectivity index (χ0) is 18.1. The molecule has 1 aromatic carbocycles. The van der Waals surface area contributed by atoms with E-state index in [1.165, 1.54) is 12.1 Å². The summed E-state index contributed by atoms with van der Waals surface area (Å²) in [5.74, 6) is 0.0534. The van der Waals surface area contributed by atoms with Crippen molar-refractivity contribution in [3.8, 4) is 0 Å². The van der Waals surface area contributed by atoms with Gasteiger partial charge in [-0.15, -0.1) is 0 Å². The maximum atomic E-state index is 11.5. The van der Waals surface area contributed by atoms with Crippen LogP contribution in [0.15, 0.2) is 34.2 Å². The van der Waals surface area contributed by atoms with Crippen LogP contribution in [0.1, 0.15) is 11.7 Å². The van der Waals surface area contributed by atoms with Gasteiger partial charge in [0.15, 0.2) is 14.7 Å². The lowest BCUT2D eigenvalue weighted by Gasteiger charge is -2.18. The summed E-state index contributed by atoms with van der Waals surface area (Å²) in [4.78, 5) is 3.29. The molecule has 0 bridgehead atoms.